The van der Waals surface area contributed by atoms with E-state index in [1.54, 1.807) is 43.8 Å². The molecular weight excluding hydrogens is 494 g/mol. The maximum atomic E-state index is 11.7. The molecule has 3 N–H and O–H groups in total. The molecule has 3 heterocycles. The van der Waals surface area contributed by atoms with E-state index in [2.05, 4.69) is 32.9 Å². The van der Waals surface area contributed by atoms with Gasteiger partial charge in [-0.3, -0.25) is 4.79 Å². The first kappa shape index (κ1) is 25.0. The van der Waals surface area contributed by atoms with Crippen LogP contribution in [0.5, 0.6) is 17.5 Å². The molecule has 5 rings (SSSR count). The van der Waals surface area contributed by atoms with Crippen molar-refractivity contribution in [3.63, 3.8) is 0 Å². The van der Waals surface area contributed by atoms with E-state index in [-0.39, 0.29) is 17.7 Å². The van der Waals surface area contributed by atoms with Crippen molar-refractivity contribution < 1.29 is 14.3 Å². The number of hydrogen-bond donors (Lipinski definition) is 2. The average molecular weight is 518 g/mol. The fraction of sp³-hybridized carbons (Fsp3) is 0.0690. The van der Waals surface area contributed by atoms with Crippen LogP contribution in [0.15, 0.2) is 79.8 Å². The highest BCUT2D eigenvalue weighted by Gasteiger charge is 2.24. The summed E-state index contributed by atoms with van der Waals surface area (Å²) in [5, 5.41) is 13.2. The number of amides is 1. The third-order valence-electron chi connectivity index (χ3n) is 6.17. The number of methoxy groups -OCH3 is 1. The third-order valence-corrected chi connectivity index (χ3v) is 6.17. The van der Waals surface area contributed by atoms with Crippen LogP contribution in [0.3, 0.4) is 0 Å². The summed E-state index contributed by atoms with van der Waals surface area (Å²) in [4.78, 5) is 24.3. The van der Waals surface area contributed by atoms with Crippen molar-refractivity contribution in [3.05, 3.63) is 85.3 Å². The number of aromatic nitrogens is 4. The Kier molecular flexibility index (Phi) is 6.63. The van der Waals surface area contributed by atoms with Crippen molar-refractivity contribution in [2.45, 2.75) is 0 Å². The zero-order valence-corrected chi connectivity index (χ0v) is 21.2. The molecule has 192 valence electrons. The van der Waals surface area contributed by atoms with Gasteiger partial charge in [0.25, 0.3) is 0 Å². The molecule has 0 atom stereocenters. The number of benzene rings is 2. The van der Waals surface area contributed by atoms with Gasteiger partial charge in [0.2, 0.25) is 5.91 Å². The molecule has 0 fully saturated rings. The van der Waals surface area contributed by atoms with Crippen molar-refractivity contribution in [1.29, 1.82) is 5.26 Å². The van der Waals surface area contributed by atoms with Crippen LogP contribution in [0.2, 0.25) is 0 Å². The van der Waals surface area contributed by atoms with E-state index in [0.717, 1.165) is 22.4 Å². The van der Waals surface area contributed by atoms with E-state index in [1.807, 2.05) is 35.9 Å². The fourth-order valence-corrected chi connectivity index (χ4v) is 4.46. The van der Waals surface area contributed by atoms with Gasteiger partial charge in [0, 0.05) is 36.9 Å². The van der Waals surface area contributed by atoms with Gasteiger partial charge in [-0.25, -0.2) is 15.0 Å². The molecule has 0 saturated heterocycles. The topological polar surface area (TPSA) is 141 Å². The Balaban J connectivity index is 1.72. The smallest absolute Gasteiger partial charge is 0.321 e. The molecule has 0 saturated carbocycles. The lowest BCUT2D eigenvalue weighted by atomic mass is 9.97. The summed E-state index contributed by atoms with van der Waals surface area (Å²) in [6.45, 7) is 3.49. The maximum Gasteiger partial charge on any atom is 0.321 e. The van der Waals surface area contributed by atoms with Crippen molar-refractivity contribution in [2.75, 3.05) is 18.2 Å². The molecule has 0 spiro atoms. The molecule has 0 aliphatic heterocycles. The number of rotatable bonds is 7. The van der Waals surface area contributed by atoms with Crippen LogP contribution in [0.4, 0.5) is 11.5 Å². The number of hydrogen-bond acceptors (Lipinski definition) is 8. The lowest BCUT2D eigenvalue weighted by Crippen LogP contribution is -2.06. The summed E-state index contributed by atoms with van der Waals surface area (Å²) in [5.74, 6) is 0.863. The molecule has 2 aromatic carbocycles. The number of nitrogen functional groups attached to an aromatic ring is 1. The van der Waals surface area contributed by atoms with Gasteiger partial charge in [-0.1, -0.05) is 24.8 Å². The Morgan fingerprint density at radius 2 is 1.82 bits per heavy atom. The number of ether oxygens (including phenoxy) is 2. The SMILES string of the molecule is C=CC(=O)Nc1ccc(-c2c(-c3ccc(Oc4ncccn4)c(OC)c3)c3c(N)ncc(C#N)c3n2C)cc1. The number of nitrogens with two attached hydrogens (primary N) is 1. The van der Waals surface area contributed by atoms with Gasteiger partial charge >= 0.3 is 6.01 Å². The molecule has 0 aliphatic rings. The van der Waals surface area contributed by atoms with E-state index in [0.29, 0.717) is 33.7 Å². The van der Waals surface area contributed by atoms with Crippen molar-refractivity contribution in [2.24, 2.45) is 7.05 Å². The minimum Gasteiger partial charge on any atom is -0.493 e. The lowest BCUT2D eigenvalue weighted by Gasteiger charge is -2.13. The van der Waals surface area contributed by atoms with E-state index in [1.165, 1.54) is 12.3 Å². The quantitative estimate of drug-likeness (QED) is 0.285. The third kappa shape index (κ3) is 4.60. The van der Waals surface area contributed by atoms with Crippen molar-refractivity contribution in [3.8, 4) is 46.0 Å². The van der Waals surface area contributed by atoms with Gasteiger partial charge in [-0.05, 0) is 47.5 Å². The molecule has 0 unspecified atom stereocenters. The molecule has 3 aromatic heterocycles. The molecule has 10 nitrogen and oxygen atoms in total. The van der Waals surface area contributed by atoms with Crippen LogP contribution in [-0.2, 0) is 11.8 Å². The number of carbonyl (C=O) groups is 1. The largest absolute Gasteiger partial charge is 0.493 e. The Morgan fingerprint density at radius 3 is 2.49 bits per heavy atom. The summed E-state index contributed by atoms with van der Waals surface area (Å²) in [5.41, 5.74) is 11.2. The molecular formula is C29H23N7O3. The van der Waals surface area contributed by atoms with Crippen LogP contribution in [0.1, 0.15) is 5.56 Å². The molecule has 0 bridgehead atoms. The van der Waals surface area contributed by atoms with Gasteiger partial charge in [0.05, 0.1) is 29.3 Å². The molecule has 1 amide bonds. The van der Waals surface area contributed by atoms with Crippen LogP contribution in [0.25, 0.3) is 33.3 Å². The maximum absolute atomic E-state index is 11.7. The van der Waals surface area contributed by atoms with Crippen LogP contribution >= 0.6 is 0 Å². The van der Waals surface area contributed by atoms with E-state index < -0.39 is 0 Å². The average Bonchev–Trinajstić information content (AvgIpc) is 3.28. The van der Waals surface area contributed by atoms with Crippen molar-refractivity contribution >= 4 is 28.3 Å². The van der Waals surface area contributed by atoms with Gasteiger partial charge in [-0.2, -0.15) is 5.26 Å². The second-order valence-corrected chi connectivity index (χ2v) is 8.44. The lowest BCUT2D eigenvalue weighted by molar-refractivity contribution is -0.111. The fourth-order valence-electron chi connectivity index (χ4n) is 4.46. The Bertz CT molecular complexity index is 1750. The minimum absolute atomic E-state index is 0.185. The van der Waals surface area contributed by atoms with E-state index >= 15 is 0 Å². The molecule has 10 heteroatoms. The van der Waals surface area contributed by atoms with Gasteiger partial charge < -0.3 is 25.1 Å². The molecule has 39 heavy (non-hydrogen) atoms. The van der Waals surface area contributed by atoms with E-state index in [9.17, 15) is 10.1 Å². The van der Waals surface area contributed by atoms with Crippen LogP contribution in [-0.4, -0.2) is 32.5 Å². The summed E-state index contributed by atoms with van der Waals surface area (Å²) >= 11 is 0. The Morgan fingerprint density at radius 1 is 1.10 bits per heavy atom. The predicted octanol–water partition coefficient (Wildman–Crippen LogP) is 5.08. The number of anilines is 2. The zero-order valence-electron chi connectivity index (χ0n) is 21.2. The normalized spacial score (nSPS) is 10.6. The number of nitrogens with zero attached hydrogens (tertiary/aromatic N) is 5. The first-order valence-corrected chi connectivity index (χ1v) is 11.8. The highest BCUT2D eigenvalue weighted by Crippen LogP contribution is 2.45. The first-order chi connectivity index (χ1) is 18.9. The second-order valence-electron chi connectivity index (χ2n) is 8.44. The summed E-state index contributed by atoms with van der Waals surface area (Å²) in [7, 11) is 3.41. The second kappa shape index (κ2) is 10.4. The number of aryl methyl sites for hydroxylation is 1. The monoisotopic (exact) mass is 517 g/mol. The van der Waals surface area contributed by atoms with Crippen LogP contribution in [0, 0.1) is 11.3 Å². The number of nitrogens with one attached hydrogen (secondary N) is 1. The number of pyridine rings is 1. The van der Waals surface area contributed by atoms with Gasteiger partial charge in [0.15, 0.2) is 11.5 Å². The summed E-state index contributed by atoms with van der Waals surface area (Å²) in [6.07, 6.45) is 5.85. The van der Waals surface area contributed by atoms with Gasteiger partial charge in [-0.15, -0.1) is 0 Å². The highest BCUT2D eigenvalue weighted by molar-refractivity contribution is 6.11. The minimum atomic E-state index is -0.305. The summed E-state index contributed by atoms with van der Waals surface area (Å²) in [6, 6.07) is 16.9. The number of nitriles is 1. The van der Waals surface area contributed by atoms with E-state index in [4.69, 9.17) is 15.2 Å². The van der Waals surface area contributed by atoms with Crippen molar-refractivity contribution in [1.82, 2.24) is 19.5 Å². The predicted molar refractivity (Wildman–Crippen MR) is 148 cm³/mol. The Hall–Kier alpha value is -5.69. The van der Waals surface area contributed by atoms with Gasteiger partial charge in [0.1, 0.15) is 11.9 Å². The Labute approximate surface area is 224 Å². The highest BCUT2D eigenvalue weighted by atomic mass is 16.5. The molecule has 0 aliphatic carbocycles. The molecule has 0 radical (unpaired) electrons. The molecule has 5 aromatic rings. The number of fused-ring (bicyclic) bond motifs is 1. The zero-order chi connectivity index (χ0) is 27.5. The summed E-state index contributed by atoms with van der Waals surface area (Å²) < 4.78 is 13.4. The first-order valence-electron chi connectivity index (χ1n) is 11.8. The standard InChI is InChI=1S/C29H23N7O3/c1-4-23(37)35-20-9-6-17(7-10-20)26-24(25-27(36(26)2)19(15-30)16-34-28(25)31)18-8-11-21(22(14-18)38-3)39-29-32-12-5-13-33-29/h4-14,16H,1H2,2-3H3,(H2,31,34)(H,35,37). The van der Waals surface area contributed by atoms with Crippen LogP contribution < -0.4 is 20.5 Å². The number of carbonyl (C=O) groups excluding carboxylic acids is 1.